The Morgan fingerprint density at radius 3 is 2.19 bits per heavy atom. The van der Waals surface area contributed by atoms with Crippen LogP contribution in [0.2, 0.25) is 5.02 Å². The van der Waals surface area contributed by atoms with Crippen LogP contribution in [0.4, 0.5) is 15.8 Å². The number of nitrogens with one attached hydrogen (secondary N) is 1. The highest BCUT2D eigenvalue weighted by Crippen LogP contribution is 2.37. The highest BCUT2D eigenvalue weighted by atomic mass is 35.5. The van der Waals surface area contributed by atoms with Gasteiger partial charge in [0.1, 0.15) is 23.0 Å². The molecule has 4 rings (SSSR count). The minimum atomic E-state index is -0.579. The maximum Gasteiger partial charge on any atom is 0.282 e. The average Bonchev–Trinajstić information content (AvgIpc) is 3.04. The molecule has 2 amide bonds. The van der Waals surface area contributed by atoms with Gasteiger partial charge in [0, 0.05) is 11.1 Å². The molecular formula is C24H18ClFN2O4. The Morgan fingerprint density at radius 2 is 1.56 bits per heavy atom. The standard InChI is InChI=1S/C24H18ClFN2O4/c1-31-18-11-12-19(20(13-18)32-2)27-22-21(14-3-5-15(25)6-4-14)23(29)28(24(22)30)17-9-7-16(26)8-10-17/h3-13,27H,1-2H3. The number of carbonyl (C=O) groups is 2. The average molecular weight is 453 g/mol. The van der Waals surface area contributed by atoms with E-state index in [4.69, 9.17) is 21.1 Å². The van der Waals surface area contributed by atoms with Crippen molar-refractivity contribution in [2.24, 2.45) is 0 Å². The van der Waals surface area contributed by atoms with Crippen molar-refractivity contribution in [1.82, 2.24) is 0 Å². The monoisotopic (exact) mass is 452 g/mol. The predicted octanol–water partition coefficient (Wildman–Crippen LogP) is 4.89. The zero-order valence-corrected chi connectivity index (χ0v) is 17.9. The molecule has 0 aliphatic carbocycles. The molecule has 0 bridgehead atoms. The van der Waals surface area contributed by atoms with Gasteiger partial charge in [-0.05, 0) is 54.1 Å². The highest BCUT2D eigenvalue weighted by Gasteiger charge is 2.40. The number of nitrogens with zero attached hydrogens (tertiary/aromatic N) is 1. The van der Waals surface area contributed by atoms with Gasteiger partial charge in [0.25, 0.3) is 11.8 Å². The van der Waals surface area contributed by atoms with Gasteiger partial charge >= 0.3 is 0 Å². The first-order valence-electron chi connectivity index (χ1n) is 9.56. The number of carbonyl (C=O) groups excluding carboxylic acids is 2. The Balaban J connectivity index is 1.82. The fraction of sp³-hybridized carbons (Fsp3) is 0.0833. The number of anilines is 2. The van der Waals surface area contributed by atoms with E-state index in [9.17, 15) is 14.0 Å². The first kappa shape index (κ1) is 21.4. The van der Waals surface area contributed by atoms with E-state index in [1.54, 1.807) is 42.5 Å². The maximum atomic E-state index is 13.4. The first-order valence-corrected chi connectivity index (χ1v) is 9.94. The number of hydrogen-bond donors (Lipinski definition) is 1. The lowest BCUT2D eigenvalue weighted by atomic mass is 10.0. The van der Waals surface area contributed by atoms with Crippen LogP contribution in [0, 0.1) is 5.82 Å². The quantitative estimate of drug-likeness (QED) is 0.539. The Bertz CT molecular complexity index is 1220. The van der Waals surface area contributed by atoms with Gasteiger partial charge in [-0.2, -0.15) is 0 Å². The van der Waals surface area contributed by atoms with Crippen LogP contribution in [-0.2, 0) is 9.59 Å². The summed E-state index contributed by atoms with van der Waals surface area (Å²) in [5.41, 5.74) is 1.45. The van der Waals surface area contributed by atoms with Gasteiger partial charge in [-0.25, -0.2) is 9.29 Å². The molecule has 0 saturated heterocycles. The SMILES string of the molecule is COc1ccc(NC2=C(c3ccc(Cl)cc3)C(=O)N(c3ccc(F)cc3)C2=O)c(OC)c1. The smallest absolute Gasteiger partial charge is 0.282 e. The van der Waals surface area contributed by atoms with Crippen LogP contribution in [0.1, 0.15) is 5.56 Å². The van der Waals surface area contributed by atoms with Crippen molar-refractivity contribution in [3.8, 4) is 11.5 Å². The Hall–Kier alpha value is -3.84. The van der Waals surface area contributed by atoms with Crippen molar-refractivity contribution < 1.29 is 23.5 Å². The van der Waals surface area contributed by atoms with Crippen LogP contribution in [0.3, 0.4) is 0 Å². The van der Waals surface area contributed by atoms with Crippen LogP contribution in [-0.4, -0.2) is 26.0 Å². The first-order chi connectivity index (χ1) is 15.4. The molecule has 3 aromatic rings. The van der Waals surface area contributed by atoms with Gasteiger partial charge in [-0.15, -0.1) is 0 Å². The lowest BCUT2D eigenvalue weighted by Crippen LogP contribution is -2.32. The molecular weight excluding hydrogens is 435 g/mol. The molecule has 0 fully saturated rings. The fourth-order valence-corrected chi connectivity index (χ4v) is 3.52. The van der Waals surface area contributed by atoms with E-state index in [-0.39, 0.29) is 17.0 Å². The molecule has 0 atom stereocenters. The number of methoxy groups -OCH3 is 2. The van der Waals surface area contributed by atoms with Crippen LogP contribution in [0.15, 0.2) is 72.4 Å². The molecule has 1 heterocycles. The minimum Gasteiger partial charge on any atom is -0.497 e. The summed E-state index contributed by atoms with van der Waals surface area (Å²) in [4.78, 5) is 27.8. The molecule has 6 nitrogen and oxygen atoms in total. The van der Waals surface area contributed by atoms with Crippen LogP contribution < -0.4 is 19.7 Å². The molecule has 0 aromatic heterocycles. The largest absolute Gasteiger partial charge is 0.497 e. The van der Waals surface area contributed by atoms with E-state index in [1.165, 1.54) is 38.5 Å². The number of benzene rings is 3. The Labute approximate surface area is 188 Å². The molecule has 0 radical (unpaired) electrons. The molecule has 1 aliphatic rings. The van der Waals surface area contributed by atoms with E-state index in [0.717, 1.165) is 4.90 Å². The number of amides is 2. The highest BCUT2D eigenvalue weighted by molar-refractivity contribution is 6.46. The molecule has 162 valence electrons. The molecule has 0 unspecified atom stereocenters. The van der Waals surface area contributed by atoms with Crippen molar-refractivity contribution in [3.05, 3.63) is 88.8 Å². The van der Waals surface area contributed by atoms with Crippen LogP contribution in [0.5, 0.6) is 11.5 Å². The third kappa shape index (κ3) is 3.90. The number of rotatable bonds is 6. The lowest BCUT2D eigenvalue weighted by Gasteiger charge is -2.16. The number of hydrogen-bond acceptors (Lipinski definition) is 5. The molecule has 8 heteroatoms. The van der Waals surface area contributed by atoms with Crippen molar-refractivity contribution in [3.63, 3.8) is 0 Å². The number of halogens is 2. The molecule has 1 aliphatic heterocycles. The zero-order chi connectivity index (χ0) is 22.8. The predicted molar refractivity (Wildman–Crippen MR) is 120 cm³/mol. The normalized spacial score (nSPS) is 13.6. The zero-order valence-electron chi connectivity index (χ0n) is 17.2. The van der Waals surface area contributed by atoms with Crippen molar-refractivity contribution in [1.29, 1.82) is 0 Å². The van der Waals surface area contributed by atoms with Gasteiger partial charge in [-0.3, -0.25) is 9.59 Å². The molecule has 32 heavy (non-hydrogen) atoms. The summed E-state index contributed by atoms with van der Waals surface area (Å²) in [6.07, 6.45) is 0. The Morgan fingerprint density at radius 1 is 0.875 bits per heavy atom. The third-order valence-corrected chi connectivity index (χ3v) is 5.22. The lowest BCUT2D eigenvalue weighted by molar-refractivity contribution is -0.120. The summed E-state index contributed by atoms with van der Waals surface area (Å²) in [7, 11) is 3.02. The van der Waals surface area contributed by atoms with E-state index >= 15 is 0 Å². The van der Waals surface area contributed by atoms with Gasteiger partial charge in [0.15, 0.2) is 0 Å². The molecule has 0 spiro atoms. The molecule has 1 N–H and O–H groups in total. The second-order valence-corrected chi connectivity index (χ2v) is 7.31. The summed E-state index contributed by atoms with van der Waals surface area (Å²) in [5.74, 6) is -0.600. The van der Waals surface area contributed by atoms with E-state index < -0.39 is 17.6 Å². The van der Waals surface area contributed by atoms with Crippen LogP contribution >= 0.6 is 11.6 Å². The minimum absolute atomic E-state index is 0.0603. The summed E-state index contributed by atoms with van der Waals surface area (Å²) in [6, 6.07) is 16.8. The van der Waals surface area contributed by atoms with Crippen molar-refractivity contribution >= 4 is 40.4 Å². The number of imide groups is 1. The summed E-state index contributed by atoms with van der Waals surface area (Å²) < 4.78 is 24.0. The van der Waals surface area contributed by atoms with E-state index in [1.807, 2.05) is 0 Å². The number of ether oxygens (including phenoxy) is 2. The van der Waals surface area contributed by atoms with Crippen molar-refractivity contribution in [2.45, 2.75) is 0 Å². The molecule has 0 saturated carbocycles. The second-order valence-electron chi connectivity index (χ2n) is 6.87. The topological polar surface area (TPSA) is 67.9 Å². The van der Waals surface area contributed by atoms with Crippen molar-refractivity contribution in [2.75, 3.05) is 24.4 Å². The Kier molecular flexibility index (Phi) is 5.83. The third-order valence-electron chi connectivity index (χ3n) is 4.97. The van der Waals surface area contributed by atoms with E-state index in [0.29, 0.717) is 27.8 Å². The van der Waals surface area contributed by atoms with Crippen LogP contribution in [0.25, 0.3) is 5.57 Å². The molecule has 3 aromatic carbocycles. The second kappa shape index (κ2) is 8.72. The van der Waals surface area contributed by atoms with Gasteiger partial charge < -0.3 is 14.8 Å². The summed E-state index contributed by atoms with van der Waals surface area (Å²) in [5, 5.41) is 3.54. The van der Waals surface area contributed by atoms with E-state index in [2.05, 4.69) is 5.32 Å². The maximum absolute atomic E-state index is 13.4. The summed E-state index contributed by atoms with van der Waals surface area (Å²) in [6.45, 7) is 0. The van der Waals surface area contributed by atoms with Gasteiger partial charge in [0.05, 0.1) is 31.2 Å². The van der Waals surface area contributed by atoms with Gasteiger partial charge in [-0.1, -0.05) is 23.7 Å². The van der Waals surface area contributed by atoms with Gasteiger partial charge in [0.2, 0.25) is 0 Å². The fourth-order valence-electron chi connectivity index (χ4n) is 3.39. The summed E-state index contributed by atoms with van der Waals surface area (Å²) >= 11 is 6.00.